The predicted octanol–water partition coefficient (Wildman–Crippen LogP) is 12.5. The van der Waals surface area contributed by atoms with Crippen molar-refractivity contribution in [2.75, 3.05) is 109 Å². The first-order chi connectivity index (χ1) is 46.0. The number of hydrogen-bond acceptors (Lipinski definition) is 15. The normalized spacial score (nSPS) is 21.0. The zero-order valence-electron chi connectivity index (χ0n) is 59.7. The summed E-state index contributed by atoms with van der Waals surface area (Å²) >= 11 is 0. The number of fused-ring (bicyclic) bond motifs is 4. The third-order valence-electron chi connectivity index (χ3n) is 20.9. The predicted molar refractivity (Wildman–Crippen MR) is 363 cm³/mol. The van der Waals surface area contributed by atoms with E-state index >= 15 is 8.78 Å². The Balaban J connectivity index is 0.762. The van der Waals surface area contributed by atoms with Crippen molar-refractivity contribution in [1.82, 2.24) is 39.9 Å². The number of ether oxygens (including phenoxy) is 5. The fourth-order valence-corrected chi connectivity index (χ4v) is 21.3. The average Bonchev–Trinajstić information content (AvgIpc) is 1.50. The lowest BCUT2D eigenvalue weighted by Crippen LogP contribution is -2.57. The smallest absolute Gasteiger partial charge is 0.410 e. The van der Waals surface area contributed by atoms with Crippen molar-refractivity contribution >= 4 is 65.2 Å². The van der Waals surface area contributed by atoms with Crippen LogP contribution in [0.25, 0.3) is 32.9 Å². The molecule has 22 heteroatoms. The summed E-state index contributed by atoms with van der Waals surface area (Å²) in [5.74, 6) is 2.85. The van der Waals surface area contributed by atoms with Crippen LogP contribution in [-0.2, 0) is 14.3 Å². The second kappa shape index (κ2) is 28.2. The molecule has 1 aliphatic carbocycles. The van der Waals surface area contributed by atoms with Gasteiger partial charge in [0.15, 0.2) is 12.6 Å². The number of benzene rings is 3. The number of piperidine rings is 1. The second-order valence-electron chi connectivity index (χ2n) is 29.2. The summed E-state index contributed by atoms with van der Waals surface area (Å²) in [5, 5.41) is 3.63. The molecule has 3 atom stereocenters. The van der Waals surface area contributed by atoms with Gasteiger partial charge in [0, 0.05) is 114 Å². The Morgan fingerprint density at radius 2 is 1.53 bits per heavy atom. The summed E-state index contributed by atoms with van der Waals surface area (Å²) in [6, 6.07) is 9.89. The van der Waals surface area contributed by atoms with Crippen molar-refractivity contribution in [3.05, 3.63) is 71.4 Å². The first-order valence-corrected chi connectivity index (χ1v) is 36.1. The fraction of sp³-hybridized carbons (Fsp3) is 0.597. The zero-order chi connectivity index (χ0) is 69.5. The number of halogens is 2. The number of nitrogens with one attached hydrogen (secondary N) is 1. The number of likely N-dealkylation sites (tertiary alicyclic amines) is 1. The molecule has 2 aromatic heterocycles. The van der Waals surface area contributed by atoms with E-state index in [-0.39, 0.29) is 118 Å². The summed E-state index contributed by atoms with van der Waals surface area (Å²) in [7, 11) is -3.64. The number of carbonyl (C=O) groups is 4. The quantitative estimate of drug-likeness (QED) is 0.0496. The van der Waals surface area contributed by atoms with Crippen LogP contribution in [0, 0.1) is 40.3 Å². The van der Waals surface area contributed by atoms with E-state index in [0.29, 0.717) is 65.4 Å². The summed E-state index contributed by atoms with van der Waals surface area (Å²) in [6.07, 6.45) is 9.05. The van der Waals surface area contributed by atoms with E-state index in [4.69, 9.17) is 42.7 Å². The van der Waals surface area contributed by atoms with E-state index in [1.807, 2.05) is 30.6 Å². The largest absolute Gasteiger partial charge is 0.495 e. The van der Waals surface area contributed by atoms with Gasteiger partial charge in [-0.25, -0.2) is 18.4 Å². The molecule has 6 fully saturated rings. The molecule has 11 rings (SSSR count). The maximum absolute atomic E-state index is 18.2. The molecule has 5 aliphatic heterocycles. The van der Waals surface area contributed by atoms with E-state index in [2.05, 4.69) is 79.9 Å². The Bertz CT molecular complexity index is 3780. The Labute approximate surface area is 558 Å². The molecular formula is C72H96F2N10O9Si. The maximum Gasteiger partial charge on any atom is 0.410 e. The number of anilines is 2. The van der Waals surface area contributed by atoms with Gasteiger partial charge in [-0.15, -0.1) is 5.54 Å². The molecule has 2 unspecified atom stereocenters. The molecule has 0 radical (unpaired) electrons. The third-order valence-corrected chi connectivity index (χ3v) is 27.2. The number of imide groups is 1. The molecule has 5 aromatic rings. The molecule has 1 N–H and O–H groups in total. The minimum atomic E-state index is -2.79. The van der Waals surface area contributed by atoms with Crippen LogP contribution in [0.2, 0.25) is 16.6 Å². The minimum Gasteiger partial charge on any atom is -0.495 e. The Hall–Kier alpha value is -7.19. The molecule has 1 spiro atoms. The van der Waals surface area contributed by atoms with Crippen molar-refractivity contribution in [3.8, 4) is 40.2 Å². The summed E-state index contributed by atoms with van der Waals surface area (Å²) in [4.78, 5) is 79.3. The molecule has 5 saturated heterocycles. The lowest BCUT2D eigenvalue weighted by molar-refractivity contribution is -0.120. The SMILES string of the molecule is [2H]C([2H])([2H])Oc1ccc(C(=O)N2CCC3(CCC(CN4CCN(C[C@@H](C)COc5nc(N6CC7CCC(C6)N7C(=O)OC(C)(C)C)c6cnc(-c7cc(OCOC)cc8ccc(F)c(C#C[Si](C(C)C)(C(C)C)C(C)C)c78)c(F)c6n5)CC4)CC3)CC2)cc1N1CCC(=O)NC1=O. The van der Waals surface area contributed by atoms with Gasteiger partial charge in [-0.1, -0.05) is 60.5 Å². The molecule has 5 amide bonds. The monoisotopic (exact) mass is 1310 g/mol. The molecular weight excluding hydrogens is 1210 g/mol. The van der Waals surface area contributed by atoms with Gasteiger partial charge in [0.1, 0.15) is 48.0 Å². The number of rotatable bonds is 18. The van der Waals surface area contributed by atoms with E-state index in [1.165, 1.54) is 36.3 Å². The van der Waals surface area contributed by atoms with Gasteiger partial charge in [0.25, 0.3) is 5.91 Å². The van der Waals surface area contributed by atoms with Crippen molar-refractivity contribution in [3.63, 3.8) is 0 Å². The topological polar surface area (TPSA) is 185 Å². The van der Waals surface area contributed by atoms with Crippen LogP contribution in [0.1, 0.15) is 147 Å². The number of methoxy groups -OCH3 is 2. The Morgan fingerprint density at radius 1 is 0.840 bits per heavy atom. The van der Waals surface area contributed by atoms with E-state index in [9.17, 15) is 19.2 Å². The number of piperazine rings is 2. The van der Waals surface area contributed by atoms with Gasteiger partial charge in [-0.3, -0.25) is 29.7 Å². The Morgan fingerprint density at radius 3 is 2.18 bits per heavy atom. The summed E-state index contributed by atoms with van der Waals surface area (Å²) < 4.78 is 86.8. The molecule has 6 aliphatic rings. The van der Waals surface area contributed by atoms with Crippen LogP contribution >= 0.6 is 0 Å². The van der Waals surface area contributed by atoms with E-state index in [0.717, 1.165) is 90.6 Å². The van der Waals surface area contributed by atoms with Crippen molar-refractivity contribution in [2.24, 2.45) is 17.3 Å². The molecule has 19 nitrogen and oxygen atoms in total. The lowest BCUT2D eigenvalue weighted by atomic mass is 9.65. The van der Waals surface area contributed by atoms with Gasteiger partial charge in [0.2, 0.25) is 5.91 Å². The highest BCUT2D eigenvalue weighted by Crippen LogP contribution is 2.48. The van der Waals surface area contributed by atoms with Gasteiger partial charge in [0.05, 0.1) is 46.5 Å². The number of nitrogens with zero attached hydrogens (tertiary/aromatic N) is 9. The van der Waals surface area contributed by atoms with Crippen molar-refractivity contribution in [2.45, 2.75) is 161 Å². The van der Waals surface area contributed by atoms with Gasteiger partial charge < -0.3 is 43.3 Å². The molecule has 506 valence electrons. The Kier molecular flexibility index (Phi) is 19.3. The van der Waals surface area contributed by atoms with Crippen LogP contribution in [0.3, 0.4) is 0 Å². The fourth-order valence-electron chi connectivity index (χ4n) is 16.1. The highest BCUT2D eigenvalue weighted by Gasteiger charge is 2.46. The first kappa shape index (κ1) is 64.2. The first-order valence-electron chi connectivity index (χ1n) is 35.4. The highest BCUT2D eigenvalue weighted by atomic mass is 28.3. The summed E-state index contributed by atoms with van der Waals surface area (Å²) in [6.45, 7) is 28.7. The van der Waals surface area contributed by atoms with Crippen LogP contribution < -0.4 is 29.3 Å². The molecule has 7 heterocycles. The van der Waals surface area contributed by atoms with E-state index < -0.39 is 44.3 Å². The number of carbonyl (C=O) groups excluding carboxylic acids is 4. The number of aromatic nitrogens is 3. The number of hydrogen-bond donors (Lipinski definition) is 1. The molecule has 1 saturated carbocycles. The van der Waals surface area contributed by atoms with Crippen LogP contribution in [0.5, 0.6) is 17.5 Å². The zero-order valence-corrected chi connectivity index (χ0v) is 57.7. The van der Waals surface area contributed by atoms with Crippen LogP contribution in [0.15, 0.2) is 48.7 Å². The lowest BCUT2D eigenvalue weighted by Gasteiger charge is -2.47. The van der Waals surface area contributed by atoms with Gasteiger partial charge >= 0.3 is 18.1 Å². The average molecular weight is 1310 g/mol. The molecule has 2 bridgehead atoms. The van der Waals surface area contributed by atoms with Crippen molar-refractivity contribution < 1.29 is 55.8 Å². The highest BCUT2D eigenvalue weighted by molar-refractivity contribution is 6.90. The standard InChI is InChI=1S/C72H96F2N10O9Si/c1-45(2)94(46(3)4,47(5)6)34-22-55-58(73)17-13-50-35-54(92-44-89-11)37-56(62(50)55)64-63(74)65-57(38-75-64)66(82-41-52-15-16-53(42-82)84(52)70(88)93-71(8,9)10)78-68(77-65)91-43-48(7)39-79-30-32-80(33-31-79)40-49-19-23-72(24-20-49)25-28-81(29-26-72)67(86)51-14-18-60(90-12)59(36-51)83-27-21-61(85)76-69(83)87/h13-14,17-18,35-38,45-49,52-53H,15-16,19-21,23-33,39-44H2,1-12H3,(H,76,85,87)/t48-,52?,53?/m1/s1/i12D3. The number of pyridine rings is 1. The second-order valence-corrected chi connectivity index (χ2v) is 34.8. The van der Waals surface area contributed by atoms with Gasteiger partial charge in [-0.2, -0.15) is 9.97 Å². The third kappa shape index (κ3) is 14.3. The van der Waals surface area contributed by atoms with Crippen LogP contribution in [-0.4, -0.2) is 184 Å². The van der Waals surface area contributed by atoms with Crippen LogP contribution in [0.4, 0.5) is 29.9 Å². The summed E-state index contributed by atoms with van der Waals surface area (Å²) in [5.41, 5.74) is 4.87. The van der Waals surface area contributed by atoms with Crippen molar-refractivity contribution in [1.29, 1.82) is 0 Å². The minimum absolute atomic E-state index is 0.00996. The van der Waals surface area contributed by atoms with E-state index in [1.54, 1.807) is 24.4 Å². The maximum atomic E-state index is 18.2. The number of urea groups is 1. The molecule has 94 heavy (non-hydrogen) atoms. The number of amides is 5. The molecule has 3 aromatic carbocycles. The van der Waals surface area contributed by atoms with Gasteiger partial charge in [-0.05, 0) is 142 Å².